The fourth-order valence-electron chi connectivity index (χ4n) is 2.98. The highest BCUT2D eigenvalue weighted by atomic mass is 32.1. The molecule has 1 aromatic carbocycles. The molecule has 0 bridgehead atoms. The zero-order chi connectivity index (χ0) is 17.7. The second-order valence-electron chi connectivity index (χ2n) is 6.27. The number of thiocarbonyl (C=S) groups is 1. The van der Waals surface area contributed by atoms with Gasteiger partial charge in [0.1, 0.15) is 11.6 Å². The van der Waals surface area contributed by atoms with Gasteiger partial charge in [-0.25, -0.2) is 4.39 Å². The molecule has 0 aliphatic heterocycles. The van der Waals surface area contributed by atoms with Crippen molar-refractivity contribution in [1.82, 2.24) is 16.2 Å². The summed E-state index contributed by atoms with van der Waals surface area (Å²) in [5, 5.41) is 3.57. The van der Waals surface area contributed by atoms with Crippen LogP contribution in [-0.2, 0) is 0 Å². The van der Waals surface area contributed by atoms with Crippen LogP contribution < -0.4 is 20.9 Å². The molecule has 0 unspecified atom stereocenters. The Morgan fingerprint density at radius 2 is 2.04 bits per heavy atom. The molecule has 3 atom stereocenters. The second kappa shape index (κ2) is 8.28. The number of halogens is 1. The third kappa shape index (κ3) is 4.56. The number of hydrogen-bond donors (Lipinski definition) is 3. The van der Waals surface area contributed by atoms with E-state index < -0.39 is 11.7 Å². The summed E-state index contributed by atoms with van der Waals surface area (Å²) >= 11 is 5.22. The quantitative estimate of drug-likeness (QED) is 0.576. The number of hydrogen-bond acceptors (Lipinski definition) is 3. The Morgan fingerprint density at radius 3 is 2.71 bits per heavy atom. The number of benzene rings is 1. The smallest absolute Gasteiger partial charge is 0.272 e. The van der Waals surface area contributed by atoms with Crippen LogP contribution in [0.25, 0.3) is 0 Å². The summed E-state index contributed by atoms with van der Waals surface area (Å²) < 4.78 is 18.8. The first-order valence-corrected chi connectivity index (χ1v) is 8.53. The van der Waals surface area contributed by atoms with E-state index in [0.717, 1.165) is 18.9 Å². The number of amides is 1. The van der Waals surface area contributed by atoms with Crippen LogP contribution in [0.4, 0.5) is 4.39 Å². The van der Waals surface area contributed by atoms with Gasteiger partial charge in [-0.15, -0.1) is 0 Å². The van der Waals surface area contributed by atoms with Crippen molar-refractivity contribution in [2.24, 2.45) is 11.8 Å². The maximum atomic E-state index is 13.9. The first-order chi connectivity index (χ1) is 11.4. The number of nitrogens with one attached hydrogen (secondary N) is 3. The number of methoxy groups -OCH3 is 1. The largest absolute Gasteiger partial charge is 0.497 e. The van der Waals surface area contributed by atoms with Crippen LogP contribution in [0.2, 0.25) is 0 Å². The lowest BCUT2D eigenvalue weighted by atomic mass is 9.78. The molecule has 0 spiro atoms. The van der Waals surface area contributed by atoms with E-state index in [0.29, 0.717) is 22.7 Å². The fourth-order valence-corrected chi connectivity index (χ4v) is 3.18. The van der Waals surface area contributed by atoms with Crippen LogP contribution in [0, 0.1) is 17.7 Å². The molecule has 0 aromatic heterocycles. The topological polar surface area (TPSA) is 62.4 Å². The van der Waals surface area contributed by atoms with E-state index in [9.17, 15) is 9.18 Å². The first-order valence-electron chi connectivity index (χ1n) is 8.12. The predicted octanol–water partition coefficient (Wildman–Crippen LogP) is 2.77. The Balaban J connectivity index is 1.86. The number of carbonyl (C=O) groups is 1. The number of rotatable bonds is 3. The summed E-state index contributed by atoms with van der Waals surface area (Å²) in [5.41, 5.74) is 4.98. The van der Waals surface area contributed by atoms with E-state index in [4.69, 9.17) is 17.0 Å². The highest BCUT2D eigenvalue weighted by molar-refractivity contribution is 7.80. The van der Waals surface area contributed by atoms with Gasteiger partial charge in [-0.05, 0) is 42.6 Å². The third-order valence-corrected chi connectivity index (χ3v) is 4.95. The van der Waals surface area contributed by atoms with Crippen LogP contribution in [0.5, 0.6) is 5.75 Å². The molecule has 0 radical (unpaired) electrons. The molecule has 132 valence electrons. The Morgan fingerprint density at radius 1 is 1.29 bits per heavy atom. The number of carbonyl (C=O) groups excluding carboxylic acids is 1. The molecule has 3 N–H and O–H groups in total. The molecular formula is C17H24FN3O2S. The van der Waals surface area contributed by atoms with Gasteiger partial charge in [0.25, 0.3) is 5.91 Å². The summed E-state index contributed by atoms with van der Waals surface area (Å²) in [4.78, 5) is 12.0. The van der Waals surface area contributed by atoms with Gasteiger partial charge in [-0.1, -0.05) is 26.7 Å². The van der Waals surface area contributed by atoms with Crippen molar-refractivity contribution in [3.8, 4) is 5.75 Å². The highest BCUT2D eigenvalue weighted by Gasteiger charge is 2.27. The molecular weight excluding hydrogens is 329 g/mol. The molecule has 0 saturated heterocycles. The monoisotopic (exact) mass is 353 g/mol. The van der Waals surface area contributed by atoms with Gasteiger partial charge in [0.05, 0.1) is 12.7 Å². The fraction of sp³-hybridized carbons (Fsp3) is 0.529. The molecule has 1 amide bonds. The summed E-state index contributed by atoms with van der Waals surface area (Å²) in [6.45, 7) is 4.44. The first kappa shape index (κ1) is 18.4. The van der Waals surface area contributed by atoms with Crippen molar-refractivity contribution in [1.29, 1.82) is 0 Å². The van der Waals surface area contributed by atoms with Crippen LogP contribution in [0.1, 0.15) is 43.5 Å². The minimum Gasteiger partial charge on any atom is -0.497 e. The normalized spacial score (nSPS) is 23.2. The van der Waals surface area contributed by atoms with Crippen molar-refractivity contribution in [2.45, 2.75) is 39.2 Å². The molecule has 1 aliphatic carbocycles. The van der Waals surface area contributed by atoms with E-state index in [-0.39, 0.29) is 11.6 Å². The van der Waals surface area contributed by atoms with Gasteiger partial charge in [0.15, 0.2) is 5.11 Å². The molecule has 0 heterocycles. The Labute approximate surface area is 147 Å². The predicted molar refractivity (Wildman–Crippen MR) is 95.3 cm³/mol. The summed E-state index contributed by atoms with van der Waals surface area (Å²) in [5.74, 6) is 0.261. The standard InChI is InChI=1S/C17H24FN3O2S/c1-10-5-4-6-15(11(10)2)19-17(24)21-20-16(22)13-8-7-12(23-3)9-14(13)18/h7-11,15H,4-6H2,1-3H3,(H,20,22)(H2,19,21,24)/t10-,11-,15+/m1/s1. The lowest BCUT2D eigenvalue weighted by Crippen LogP contribution is -2.52. The van der Waals surface area contributed by atoms with E-state index in [1.54, 1.807) is 0 Å². The third-order valence-electron chi connectivity index (χ3n) is 4.73. The summed E-state index contributed by atoms with van der Waals surface area (Å²) in [6.07, 6.45) is 3.44. The molecule has 1 saturated carbocycles. The van der Waals surface area contributed by atoms with Gasteiger partial charge < -0.3 is 10.1 Å². The molecule has 7 heteroatoms. The van der Waals surface area contributed by atoms with Gasteiger partial charge in [-0.2, -0.15) is 0 Å². The van der Waals surface area contributed by atoms with Crippen LogP contribution >= 0.6 is 12.2 Å². The summed E-state index contributed by atoms with van der Waals surface area (Å²) in [6, 6.07) is 4.34. The lowest BCUT2D eigenvalue weighted by molar-refractivity contribution is 0.0939. The van der Waals surface area contributed by atoms with Crippen molar-refractivity contribution < 1.29 is 13.9 Å². The van der Waals surface area contributed by atoms with E-state index in [2.05, 4.69) is 30.0 Å². The van der Waals surface area contributed by atoms with Crippen molar-refractivity contribution in [3.05, 3.63) is 29.6 Å². The van der Waals surface area contributed by atoms with Crippen LogP contribution in [0.3, 0.4) is 0 Å². The average molecular weight is 353 g/mol. The molecule has 24 heavy (non-hydrogen) atoms. The lowest BCUT2D eigenvalue weighted by Gasteiger charge is -2.35. The zero-order valence-corrected chi connectivity index (χ0v) is 15.0. The molecule has 5 nitrogen and oxygen atoms in total. The number of hydrazine groups is 1. The Kier molecular flexibility index (Phi) is 6.36. The van der Waals surface area contributed by atoms with Gasteiger partial charge in [-0.3, -0.25) is 15.6 Å². The van der Waals surface area contributed by atoms with Crippen molar-refractivity contribution in [2.75, 3.05) is 7.11 Å². The number of ether oxygens (including phenoxy) is 1. The minimum atomic E-state index is -0.651. The van der Waals surface area contributed by atoms with Crippen molar-refractivity contribution in [3.63, 3.8) is 0 Å². The average Bonchev–Trinajstić information content (AvgIpc) is 2.56. The van der Waals surface area contributed by atoms with E-state index in [1.807, 2.05) is 0 Å². The van der Waals surface area contributed by atoms with Gasteiger partial charge in [0, 0.05) is 12.1 Å². The van der Waals surface area contributed by atoms with Crippen molar-refractivity contribution >= 4 is 23.2 Å². The van der Waals surface area contributed by atoms with E-state index >= 15 is 0 Å². The maximum absolute atomic E-state index is 13.9. The maximum Gasteiger partial charge on any atom is 0.272 e. The SMILES string of the molecule is COc1ccc(C(=O)NNC(=S)N[C@H]2CCC[C@@H](C)[C@H]2C)c(F)c1. The van der Waals surface area contributed by atoms with Gasteiger partial charge in [0.2, 0.25) is 0 Å². The molecule has 1 aromatic rings. The van der Waals surface area contributed by atoms with Gasteiger partial charge >= 0.3 is 0 Å². The highest BCUT2D eigenvalue weighted by Crippen LogP contribution is 2.29. The zero-order valence-electron chi connectivity index (χ0n) is 14.2. The summed E-state index contributed by atoms with van der Waals surface area (Å²) in [7, 11) is 1.44. The van der Waals surface area contributed by atoms with E-state index in [1.165, 1.54) is 25.7 Å². The molecule has 1 aliphatic rings. The van der Waals surface area contributed by atoms with Crippen LogP contribution in [0.15, 0.2) is 18.2 Å². The second-order valence-corrected chi connectivity index (χ2v) is 6.68. The minimum absolute atomic E-state index is 0.0780. The Hall–Kier alpha value is -1.89. The molecule has 1 fully saturated rings. The molecule has 2 rings (SSSR count). The van der Waals surface area contributed by atoms with Crippen LogP contribution in [-0.4, -0.2) is 24.2 Å². The Bertz CT molecular complexity index is 611.